The highest BCUT2D eigenvalue weighted by molar-refractivity contribution is 5.03. The molecule has 21 heteroatoms. The van der Waals surface area contributed by atoms with E-state index in [1.165, 1.54) is 0 Å². The van der Waals surface area contributed by atoms with E-state index < -0.39 is 149 Å². The maximum atomic E-state index is 11.0. The van der Waals surface area contributed by atoms with Crippen molar-refractivity contribution >= 4 is 0 Å². The third kappa shape index (κ3) is 6.49. The van der Waals surface area contributed by atoms with Crippen LogP contribution in [0, 0.1) is 0 Å². The first-order valence-corrected chi connectivity index (χ1v) is 14.0. The van der Waals surface area contributed by atoms with E-state index in [0.29, 0.717) is 0 Å². The molecular formula is C24H42O21. The van der Waals surface area contributed by atoms with Crippen molar-refractivity contribution in [3.63, 3.8) is 0 Å². The molecule has 4 rings (SSSR count). The predicted octanol–water partition coefficient (Wildman–Crippen LogP) is -9.74. The largest absolute Gasteiger partial charge is 0.394 e. The van der Waals surface area contributed by atoms with E-state index >= 15 is 0 Å². The van der Waals surface area contributed by atoms with E-state index in [0.717, 1.165) is 0 Å². The second-order valence-electron chi connectivity index (χ2n) is 11.3. The number of ether oxygens (including phenoxy) is 7. The Morgan fingerprint density at radius 1 is 0.444 bits per heavy atom. The highest BCUT2D eigenvalue weighted by atomic mass is 16.8. The van der Waals surface area contributed by atoms with Gasteiger partial charge in [0.1, 0.15) is 99.2 Å². The number of hydrogen-bond donors (Lipinski definition) is 14. The Hall–Kier alpha value is -0.840. The molecule has 0 bridgehead atoms. The van der Waals surface area contributed by atoms with Crippen molar-refractivity contribution in [2.75, 3.05) is 46.2 Å². The van der Waals surface area contributed by atoms with Gasteiger partial charge in [-0.2, -0.15) is 0 Å². The molecule has 4 heterocycles. The van der Waals surface area contributed by atoms with E-state index in [4.69, 9.17) is 33.2 Å². The Balaban J connectivity index is 1.65. The molecule has 0 saturated carbocycles. The summed E-state index contributed by atoms with van der Waals surface area (Å²) in [7, 11) is 0. The fourth-order valence-corrected chi connectivity index (χ4v) is 5.65. The summed E-state index contributed by atoms with van der Waals surface area (Å²) in [4.78, 5) is 0. The highest BCUT2D eigenvalue weighted by Gasteiger charge is 2.64. The summed E-state index contributed by atoms with van der Waals surface area (Å²) in [5.41, 5.74) is 0. The van der Waals surface area contributed by atoms with Crippen LogP contribution in [0.2, 0.25) is 0 Å². The van der Waals surface area contributed by atoms with Gasteiger partial charge in [-0.25, -0.2) is 0 Å². The van der Waals surface area contributed by atoms with Crippen LogP contribution in [0.25, 0.3) is 0 Å². The van der Waals surface area contributed by atoms with Crippen LogP contribution in [0.3, 0.4) is 0 Å². The summed E-state index contributed by atoms with van der Waals surface area (Å²) in [6, 6.07) is 0. The van der Waals surface area contributed by atoms with Crippen molar-refractivity contribution in [3.8, 4) is 0 Å². The van der Waals surface area contributed by atoms with Crippen molar-refractivity contribution in [1.29, 1.82) is 0 Å². The monoisotopic (exact) mass is 666 g/mol. The minimum absolute atomic E-state index is 0.809. The van der Waals surface area contributed by atoms with Crippen LogP contribution in [0.5, 0.6) is 0 Å². The van der Waals surface area contributed by atoms with Gasteiger partial charge in [-0.15, -0.1) is 0 Å². The number of aliphatic hydroxyl groups is 14. The lowest BCUT2D eigenvalue weighted by molar-refractivity contribution is -0.404. The summed E-state index contributed by atoms with van der Waals surface area (Å²) in [5, 5.41) is 143. The summed E-state index contributed by atoms with van der Waals surface area (Å²) in [6.45, 7) is -6.84. The van der Waals surface area contributed by atoms with Crippen LogP contribution in [0.1, 0.15) is 0 Å². The van der Waals surface area contributed by atoms with Crippen LogP contribution >= 0.6 is 0 Å². The molecular weight excluding hydrogens is 624 g/mol. The standard InChI is InChI=1S/C24H42O21/c25-1-8-12(30)16(34)17(35)21(41-8)45-24(20(38)15(33)11(4-28)44-24)7-40-23(19(37)14(32)10(3-27)43-23)6-39-22(5-29)18(36)13(31)9(2-26)42-22/h8-21,25-38H,1-7H2/t8?,9-,10-,11-,12-,13?,14?,15?,16?,17?,18?,19?,20?,21+,22-,23-,24+/m1/s1. The van der Waals surface area contributed by atoms with Gasteiger partial charge in [0.05, 0.1) is 26.4 Å². The van der Waals surface area contributed by atoms with E-state index in [9.17, 15) is 71.5 Å². The molecule has 264 valence electrons. The lowest BCUT2D eigenvalue weighted by Gasteiger charge is -2.44. The molecule has 4 aliphatic heterocycles. The van der Waals surface area contributed by atoms with Crippen LogP contribution in [0.4, 0.5) is 0 Å². The lowest BCUT2D eigenvalue weighted by Crippen LogP contribution is -2.63. The van der Waals surface area contributed by atoms with Crippen molar-refractivity contribution in [3.05, 3.63) is 0 Å². The van der Waals surface area contributed by atoms with Gasteiger partial charge < -0.3 is 105 Å². The minimum atomic E-state index is -2.67. The zero-order chi connectivity index (χ0) is 33.5. The molecule has 0 spiro atoms. The third-order valence-corrected chi connectivity index (χ3v) is 8.48. The van der Waals surface area contributed by atoms with Gasteiger partial charge in [-0.3, -0.25) is 0 Å². The summed E-state index contributed by atoms with van der Waals surface area (Å²) < 4.78 is 38.7. The maximum Gasteiger partial charge on any atom is 0.224 e. The molecule has 0 aliphatic carbocycles. The summed E-state index contributed by atoms with van der Waals surface area (Å²) in [6.07, 6.45) is -25.6. The highest BCUT2D eigenvalue weighted by Crippen LogP contribution is 2.41. The second kappa shape index (κ2) is 14.3. The van der Waals surface area contributed by atoms with Gasteiger partial charge in [-0.1, -0.05) is 0 Å². The molecule has 4 saturated heterocycles. The van der Waals surface area contributed by atoms with E-state index in [2.05, 4.69) is 0 Å². The minimum Gasteiger partial charge on any atom is -0.394 e. The Bertz CT molecular complexity index is 962. The summed E-state index contributed by atoms with van der Waals surface area (Å²) in [5.74, 6) is -7.73. The number of rotatable bonds is 13. The molecule has 0 aromatic rings. The van der Waals surface area contributed by atoms with Gasteiger partial charge in [0.15, 0.2) is 6.29 Å². The molecule has 9 unspecified atom stereocenters. The lowest BCUT2D eigenvalue weighted by atomic mass is 9.99. The smallest absolute Gasteiger partial charge is 0.224 e. The number of aliphatic hydroxyl groups excluding tert-OH is 14. The molecule has 17 atom stereocenters. The maximum absolute atomic E-state index is 11.0. The van der Waals surface area contributed by atoms with E-state index in [-0.39, 0.29) is 0 Å². The second-order valence-corrected chi connectivity index (χ2v) is 11.3. The Kier molecular flexibility index (Phi) is 11.8. The fraction of sp³-hybridized carbons (Fsp3) is 1.00. The van der Waals surface area contributed by atoms with Crippen molar-refractivity contribution < 1.29 is 105 Å². The van der Waals surface area contributed by atoms with Gasteiger partial charge >= 0.3 is 0 Å². The SMILES string of the molecule is OCC1O[C@@H](O[C@]2(CO[C@]3(CO[C@]4(CO)O[C@H](CO)C(O)C4O)O[C@H](CO)C(O)C3O)O[C@H](CO)C(O)C2O)C(O)C(O)[C@@H]1O. The molecule has 4 aliphatic rings. The molecule has 21 nitrogen and oxygen atoms in total. The average molecular weight is 667 g/mol. The fourth-order valence-electron chi connectivity index (χ4n) is 5.65. The molecule has 0 radical (unpaired) electrons. The van der Waals surface area contributed by atoms with Gasteiger partial charge in [0.2, 0.25) is 17.4 Å². The van der Waals surface area contributed by atoms with Crippen LogP contribution in [-0.2, 0) is 33.2 Å². The van der Waals surface area contributed by atoms with Gasteiger partial charge in [0.25, 0.3) is 0 Å². The molecule has 0 aromatic carbocycles. The Morgan fingerprint density at radius 2 is 0.844 bits per heavy atom. The van der Waals surface area contributed by atoms with Crippen molar-refractivity contribution in [2.45, 2.75) is 103 Å². The topological polar surface area (TPSA) is 348 Å². The van der Waals surface area contributed by atoms with Crippen molar-refractivity contribution in [1.82, 2.24) is 0 Å². The first kappa shape index (κ1) is 37.0. The van der Waals surface area contributed by atoms with Crippen molar-refractivity contribution in [2.24, 2.45) is 0 Å². The molecule has 0 aromatic heterocycles. The first-order valence-electron chi connectivity index (χ1n) is 14.0. The molecule has 0 amide bonds. The average Bonchev–Trinajstić information content (AvgIpc) is 3.55. The summed E-state index contributed by atoms with van der Waals surface area (Å²) >= 11 is 0. The van der Waals surface area contributed by atoms with Crippen LogP contribution in [0.15, 0.2) is 0 Å². The van der Waals surface area contributed by atoms with Gasteiger partial charge in [0, 0.05) is 0 Å². The zero-order valence-electron chi connectivity index (χ0n) is 23.7. The van der Waals surface area contributed by atoms with Crippen LogP contribution in [-0.4, -0.2) is 221 Å². The Labute approximate surface area is 254 Å². The first-order chi connectivity index (χ1) is 21.2. The molecule has 45 heavy (non-hydrogen) atoms. The van der Waals surface area contributed by atoms with E-state index in [1.807, 2.05) is 0 Å². The Morgan fingerprint density at radius 3 is 1.31 bits per heavy atom. The number of hydrogen-bond acceptors (Lipinski definition) is 21. The third-order valence-electron chi connectivity index (χ3n) is 8.48. The quantitative estimate of drug-likeness (QED) is 0.0867. The normalized spacial score (nSPS) is 52.1. The van der Waals surface area contributed by atoms with Gasteiger partial charge in [-0.05, 0) is 0 Å². The molecule has 14 N–H and O–H groups in total. The molecule has 4 fully saturated rings. The predicted molar refractivity (Wildman–Crippen MR) is 134 cm³/mol. The zero-order valence-corrected chi connectivity index (χ0v) is 23.7. The van der Waals surface area contributed by atoms with Crippen LogP contribution < -0.4 is 0 Å². The van der Waals surface area contributed by atoms with E-state index in [1.54, 1.807) is 0 Å².